The second kappa shape index (κ2) is 12.1. The van der Waals surface area contributed by atoms with Gasteiger partial charge in [0.2, 0.25) is 5.91 Å². The molecule has 0 spiro atoms. The molecule has 6 nitrogen and oxygen atoms in total. The van der Waals surface area contributed by atoms with E-state index in [1.165, 1.54) is 17.3 Å². The van der Waals surface area contributed by atoms with Gasteiger partial charge in [-0.3, -0.25) is 9.59 Å². The van der Waals surface area contributed by atoms with Gasteiger partial charge >= 0.3 is 0 Å². The number of carbonyl (C=O) groups is 2. The lowest BCUT2D eigenvalue weighted by atomic mass is 10.1. The highest BCUT2D eigenvalue weighted by molar-refractivity contribution is 9.10. The summed E-state index contributed by atoms with van der Waals surface area (Å²) in [5.74, 6) is 0.294. The zero-order valence-electron chi connectivity index (χ0n) is 20.9. The third-order valence-electron chi connectivity index (χ3n) is 6.34. The van der Waals surface area contributed by atoms with Gasteiger partial charge in [-0.05, 0) is 59.3 Å². The van der Waals surface area contributed by atoms with Crippen LogP contribution in [0.1, 0.15) is 15.9 Å². The molecule has 1 aromatic heterocycles. The van der Waals surface area contributed by atoms with Crippen LogP contribution in [0.25, 0.3) is 11.3 Å². The van der Waals surface area contributed by atoms with Crippen LogP contribution in [0, 0.1) is 6.92 Å². The van der Waals surface area contributed by atoms with Gasteiger partial charge in [0.15, 0.2) is 4.34 Å². The van der Waals surface area contributed by atoms with Crippen molar-refractivity contribution >= 4 is 62.2 Å². The molecule has 0 saturated carbocycles. The summed E-state index contributed by atoms with van der Waals surface area (Å²) in [5.41, 5.74) is 5.78. The molecule has 3 aromatic carbocycles. The van der Waals surface area contributed by atoms with Gasteiger partial charge < -0.3 is 15.1 Å². The summed E-state index contributed by atoms with van der Waals surface area (Å²) in [7, 11) is 0. The largest absolute Gasteiger partial charge is 0.368 e. The van der Waals surface area contributed by atoms with Crippen LogP contribution in [-0.4, -0.2) is 53.6 Å². The fourth-order valence-corrected chi connectivity index (χ4v) is 6.32. The number of benzene rings is 3. The van der Waals surface area contributed by atoms with Crippen molar-refractivity contribution < 1.29 is 9.59 Å². The maximum absolute atomic E-state index is 12.9. The molecule has 38 heavy (non-hydrogen) atoms. The van der Waals surface area contributed by atoms with E-state index in [-0.39, 0.29) is 11.8 Å². The van der Waals surface area contributed by atoms with Crippen LogP contribution < -0.4 is 10.2 Å². The predicted octanol–water partition coefficient (Wildman–Crippen LogP) is 6.57. The van der Waals surface area contributed by atoms with Crippen molar-refractivity contribution in [2.75, 3.05) is 42.1 Å². The number of amides is 2. The van der Waals surface area contributed by atoms with Crippen molar-refractivity contribution in [2.24, 2.45) is 0 Å². The molecule has 9 heteroatoms. The minimum atomic E-state index is -0.0611. The summed E-state index contributed by atoms with van der Waals surface area (Å²) in [5, 5.41) is 5.00. The molecular formula is C29H27BrN4O2S2. The maximum Gasteiger partial charge on any atom is 0.255 e. The minimum Gasteiger partial charge on any atom is -0.368 e. The van der Waals surface area contributed by atoms with Gasteiger partial charge in [-0.25, -0.2) is 4.98 Å². The van der Waals surface area contributed by atoms with E-state index in [0.29, 0.717) is 24.4 Å². The second-order valence-corrected chi connectivity index (χ2v) is 11.9. The molecule has 0 unspecified atom stereocenters. The smallest absolute Gasteiger partial charge is 0.255 e. The summed E-state index contributed by atoms with van der Waals surface area (Å²) >= 11 is 6.48. The normalized spacial score (nSPS) is 13.4. The monoisotopic (exact) mass is 606 g/mol. The molecule has 0 atom stereocenters. The van der Waals surface area contributed by atoms with E-state index in [2.05, 4.69) is 62.3 Å². The number of hydrogen-bond donors (Lipinski definition) is 1. The molecule has 0 bridgehead atoms. The number of carbonyl (C=O) groups excluding carboxylic acids is 2. The van der Waals surface area contributed by atoms with Crippen molar-refractivity contribution in [3.8, 4) is 11.3 Å². The first kappa shape index (κ1) is 26.5. The van der Waals surface area contributed by atoms with Crippen LogP contribution in [0.5, 0.6) is 0 Å². The molecule has 2 heterocycles. The van der Waals surface area contributed by atoms with E-state index >= 15 is 0 Å². The third kappa shape index (κ3) is 6.46. The number of aromatic nitrogens is 1. The Morgan fingerprint density at radius 3 is 2.39 bits per heavy atom. The first-order valence-corrected chi connectivity index (χ1v) is 15.0. The Bertz CT molecular complexity index is 1420. The van der Waals surface area contributed by atoms with Gasteiger partial charge in [0, 0.05) is 53.0 Å². The molecular weight excluding hydrogens is 580 g/mol. The molecule has 0 aliphatic carbocycles. The number of anilines is 2. The Labute approximate surface area is 239 Å². The van der Waals surface area contributed by atoms with E-state index in [1.807, 2.05) is 58.8 Å². The topological polar surface area (TPSA) is 65.5 Å². The summed E-state index contributed by atoms with van der Waals surface area (Å²) in [6, 6.07) is 23.7. The Balaban J connectivity index is 1.09. The summed E-state index contributed by atoms with van der Waals surface area (Å²) in [6.45, 7) is 4.92. The van der Waals surface area contributed by atoms with Crippen molar-refractivity contribution in [3.05, 3.63) is 93.8 Å². The van der Waals surface area contributed by atoms with E-state index in [4.69, 9.17) is 0 Å². The Morgan fingerprint density at radius 1 is 0.974 bits per heavy atom. The summed E-state index contributed by atoms with van der Waals surface area (Å²) < 4.78 is 1.70. The molecule has 4 aromatic rings. The summed E-state index contributed by atoms with van der Waals surface area (Å²) in [6.07, 6.45) is 0. The van der Waals surface area contributed by atoms with Gasteiger partial charge in [0.05, 0.1) is 17.0 Å². The molecule has 1 aliphatic heterocycles. The highest BCUT2D eigenvalue weighted by atomic mass is 79.9. The van der Waals surface area contributed by atoms with Crippen LogP contribution in [0.4, 0.5) is 11.4 Å². The highest BCUT2D eigenvalue weighted by Crippen LogP contribution is 2.29. The standard InChI is InChI=1S/C29H27BrN4O2S2/c1-20-6-8-21(9-7-20)26-18-37-29(32-26)38-19-27(35)31-22-10-12-23(13-11-22)33-14-16-34(17-15-33)28(36)24-4-2-3-5-25(24)30/h2-13,18H,14-17,19H2,1H3,(H,31,35). The first-order chi connectivity index (χ1) is 18.5. The van der Waals surface area contributed by atoms with Crippen LogP contribution in [-0.2, 0) is 4.79 Å². The van der Waals surface area contributed by atoms with Gasteiger partial charge in [-0.15, -0.1) is 11.3 Å². The third-order valence-corrected chi connectivity index (χ3v) is 9.06. The molecule has 1 saturated heterocycles. The number of halogens is 1. The quantitative estimate of drug-likeness (QED) is 0.241. The second-order valence-electron chi connectivity index (χ2n) is 9.01. The Morgan fingerprint density at radius 2 is 1.68 bits per heavy atom. The molecule has 2 amide bonds. The van der Waals surface area contributed by atoms with Gasteiger partial charge in [-0.2, -0.15) is 0 Å². The van der Waals surface area contributed by atoms with Crippen LogP contribution >= 0.6 is 39.0 Å². The van der Waals surface area contributed by atoms with E-state index < -0.39 is 0 Å². The van der Waals surface area contributed by atoms with Crippen molar-refractivity contribution in [2.45, 2.75) is 11.3 Å². The van der Waals surface area contributed by atoms with Crippen molar-refractivity contribution in [3.63, 3.8) is 0 Å². The Hall–Kier alpha value is -3.14. The van der Waals surface area contributed by atoms with Crippen LogP contribution in [0.15, 0.2) is 87.0 Å². The fraction of sp³-hybridized carbons (Fsp3) is 0.207. The highest BCUT2D eigenvalue weighted by Gasteiger charge is 2.23. The zero-order valence-corrected chi connectivity index (χ0v) is 24.1. The van der Waals surface area contributed by atoms with Gasteiger partial charge in [0.1, 0.15) is 0 Å². The molecule has 194 valence electrons. The van der Waals surface area contributed by atoms with Crippen molar-refractivity contribution in [1.82, 2.24) is 9.88 Å². The van der Waals surface area contributed by atoms with Crippen LogP contribution in [0.3, 0.4) is 0 Å². The lowest BCUT2D eigenvalue weighted by Crippen LogP contribution is -2.48. The molecule has 5 rings (SSSR count). The van der Waals surface area contributed by atoms with E-state index in [1.54, 1.807) is 11.3 Å². The molecule has 1 aliphatic rings. The number of piperazine rings is 1. The average molecular weight is 608 g/mol. The van der Waals surface area contributed by atoms with E-state index in [9.17, 15) is 9.59 Å². The number of nitrogens with one attached hydrogen (secondary N) is 1. The number of thiazole rings is 1. The SMILES string of the molecule is Cc1ccc(-c2csc(SCC(=O)Nc3ccc(N4CCN(C(=O)c5ccccc5Br)CC4)cc3)n2)cc1. The molecule has 1 N–H and O–H groups in total. The van der Waals surface area contributed by atoms with Gasteiger partial charge in [-0.1, -0.05) is 53.7 Å². The number of nitrogens with zero attached hydrogens (tertiary/aromatic N) is 3. The minimum absolute atomic E-state index is 0.0529. The number of hydrogen-bond acceptors (Lipinski definition) is 6. The van der Waals surface area contributed by atoms with Crippen LogP contribution in [0.2, 0.25) is 0 Å². The average Bonchev–Trinajstić information content (AvgIpc) is 3.42. The number of aryl methyl sites for hydroxylation is 1. The first-order valence-electron chi connectivity index (χ1n) is 12.3. The fourth-order valence-electron chi connectivity index (χ4n) is 4.23. The molecule has 1 fully saturated rings. The molecule has 0 radical (unpaired) electrons. The number of thioether (sulfide) groups is 1. The lowest BCUT2D eigenvalue weighted by Gasteiger charge is -2.36. The Kier molecular flexibility index (Phi) is 8.46. The maximum atomic E-state index is 12.9. The zero-order chi connectivity index (χ0) is 26.5. The lowest BCUT2D eigenvalue weighted by molar-refractivity contribution is -0.113. The van der Waals surface area contributed by atoms with E-state index in [0.717, 1.165) is 44.5 Å². The predicted molar refractivity (Wildman–Crippen MR) is 160 cm³/mol. The number of rotatable bonds is 7. The van der Waals surface area contributed by atoms with Gasteiger partial charge in [0.25, 0.3) is 5.91 Å². The summed E-state index contributed by atoms with van der Waals surface area (Å²) in [4.78, 5) is 34.2. The van der Waals surface area contributed by atoms with Crippen molar-refractivity contribution in [1.29, 1.82) is 0 Å².